The zero-order valence-electron chi connectivity index (χ0n) is 7.29. The van der Waals surface area contributed by atoms with Crippen LogP contribution in [0, 0.1) is 5.92 Å². The zero-order chi connectivity index (χ0) is 9.14. The molecule has 0 aliphatic heterocycles. The molecule has 0 aromatic heterocycles. The highest BCUT2D eigenvalue weighted by Gasteiger charge is 2.35. The Balaban J connectivity index is 2.20. The number of hydrogen-bond donors (Lipinski definition) is 1. The van der Waals surface area contributed by atoms with Crippen LogP contribution in [0.3, 0.4) is 0 Å². The maximum atomic E-state index is 10.9. The first-order chi connectivity index (χ1) is 5.63. The first-order valence-corrected chi connectivity index (χ1v) is 3.98. The maximum absolute atomic E-state index is 10.9. The van der Waals surface area contributed by atoms with E-state index in [2.05, 4.69) is 10.1 Å². The fraction of sp³-hybridized carbons (Fsp3) is 0.750. The molecule has 1 saturated carbocycles. The van der Waals surface area contributed by atoms with Crippen molar-refractivity contribution in [1.82, 2.24) is 5.32 Å². The lowest BCUT2D eigenvalue weighted by Crippen LogP contribution is -2.46. The van der Waals surface area contributed by atoms with Crippen molar-refractivity contribution in [3.8, 4) is 0 Å². The number of hydrogen-bond acceptors (Lipinski definition) is 3. The van der Waals surface area contributed by atoms with Gasteiger partial charge in [0.25, 0.3) is 0 Å². The minimum atomic E-state index is -0.170. The van der Waals surface area contributed by atoms with E-state index in [4.69, 9.17) is 0 Å². The molecule has 0 radical (unpaired) electrons. The SMILES string of the molecule is COC(=O)C1CC(NC(C)=O)C1. The summed E-state index contributed by atoms with van der Waals surface area (Å²) in [7, 11) is 1.38. The van der Waals surface area contributed by atoms with Crippen LogP contribution in [0.2, 0.25) is 0 Å². The van der Waals surface area contributed by atoms with E-state index in [1.165, 1.54) is 14.0 Å². The molecule has 0 heterocycles. The largest absolute Gasteiger partial charge is 0.469 e. The molecule has 4 heteroatoms. The average molecular weight is 171 g/mol. The van der Waals surface area contributed by atoms with Gasteiger partial charge in [-0.2, -0.15) is 0 Å². The van der Waals surface area contributed by atoms with Crippen LogP contribution >= 0.6 is 0 Å². The van der Waals surface area contributed by atoms with Crippen molar-refractivity contribution in [2.45, 2.75) is 25.8 Å². The van der Waals surface area contributed by atoms with Crippen molar-refractivity contribution < 1.29 is 14.3 Å². The van der Waals surface area contributed by atoms with Gasteiger partial charge in [0.2, 0.25) is 5.91 Å². The Morgan fingerprint density at radius 1 is 1.42 bits per heavy atom. The van der Waals surface area contributed by atoms with E-state index in [0.29, 0.717) is 12.8 Å². The Morgan fingerprint density at radius 2 is 2.00 bits per heavy atom. The van der Waals surface area contributed by atoms with Crippen LogP contribution in [-0.2, 0) is 14.3 Å². The summed E-state index contributed by atoms with van der Waals surface area (Å²) in [6.07, 6.45) is 1.43. The van der Waals surface area contributed by atoms with Gasteiger partial charge < -0.3 is 10.1 Å². The third kappa shape index (κ3) is 1.96. The Hall–Kier alpha value is -1.06. The molecule has 68 valence electrons. The number of nitrogens with one attached hydrogen (secondary N) is 1. The predicted molar refractivity (Wildman–Crippen MR) is 42.3 cm³/mol. The highest BCUT2D eigenvalue weighted by molar-refractivity contribution is 5.76. The molecule has 1 amide bonds. The van der Waals surface area contributed by atoms with Crippen LogP contribution in [-0.4, -0.2) is 25.0 Å². The molecule has 12 heavy (non-hydrogen) atoms. The van der Waals surface area contributed by atoms with E-state index >= 15 is 0 Å². The van der Waals surface area contributed by atoms with Crippen molar-refractivity contribution in [3.63, 3.8) is 0 Å². The summed E-state index contributed by atoms with van der Waals surface area (Å²) >= 11 is 0. The molecule has 1 aliphatic rings. The molecule has 1 fully saturated rings. The molecule has 0 saturated heterocycles. The van der Waals surface area contributed by atoms with Gasteiger partial charge in [0.15, 0.2) is 0 Å². The number of carbonyl (C=O) groups is 2. The molecule has 0 spiro atoms. The molecule has 0 aromatic carbocycles. The highest BCUT2D eigenvalue weighted by Crippen LogP contribution is 2.28. The summed E-state index contributed by atoms with van der Waals surface area (Å²) in [5.41, 5.74) is 0. The lowest BCUT2D eigenvalue weighted by Gasteiger charge is -2.33. The zero-order valence-corrected chi connectivity index (χ0v) is 7.29. The van der Waals surface area contributed by atoms with Gasteiger partial charge in [0.05, 0.1) is 13.0 Å². The van der Waals surface area contributed by atoms with Crippen LogP contribution in [0.1, 0.15) is 19.8 Å². The Morgan fingerprint density at radius 3 is 2.42 bits per heavy atom. The van der Waals surface area contributed by atoms with E-state index in [-0.39, 0.29) is 23.8 Å². The quantitative estimate of drug-likeness (QED) is 0.598. The van der Waals surface area contributed by atoms with Gasteiger partial charge in [-0.3, -0.25) is 9.59 Å². The minimum absolute atomic E-state index is 0.00755. The van der Waals surface area contributed by atoms with Crippen LogP contribution in [0.15, 0.2) is 0 Å². The van der Waals surface area contributed by atoms with Crippen LogP contribution in [0.5, 0.6) is 0 Å². The molecule has 0 atom stereocenters. The van der Waals surface area contributed by atoms with Crippen molar-refractivity contribution in [2.24, 2.45) is 5.92 Å². The van der Waals surface area contributed by atoms with E-state index in [1.54, 1.807) is 0 Å². The molecule has 4 nitrogen and oxygen atoms in total. The van der Waals surface area contributed by atoms with E-state index < -0.39 is 0 Å². The second-order valence-electron chi connectivity index (χ2n) is 3.09. The number of amides is 1. The van der Waals surface area contributed by atoms with Crippen molar-refractivity contribution >= 4 is 11.9 Å². The van der Waals surface area contributed by atoms with E-state index in [0.717, 1.165) is 0 Å². The average Bonchev–Trinajstić information content (AvgIpc) is 1.94. The van der Waals surface area contributed by atoms with Gasteiger partial charge in [0.1, 0.15) is 0 Å². The number of rotatable bonds is 2. The lowest BCUT2D eigenvalue weighted by molar-refractivity contribution is -0.149. The summed E-state index contributed by atoms with van der Waals surface area (Å²) < 4.78 is 4.56. The third-order valence-electron chi connectivity index (χ3n) is 2.08. The number of methoxy groups -OCH3 is 1. The molecule has 0 aromatic rings. The first kappa shape index (κ1) is 9.03. The predicted octanol–water partition coefficient (Wildman–Crippen LogP) is 0.0741. The highest BCUT2D eigenvalue weighted by atomic mass is 16.5. The van der Waals surface area contributed by atoms with Crippen LogP contribution in [0.4, 0.5) is 0 Å². The van der Waals surface area contributed by atoms with Gasteiger partial charge in [-0.15, -0.1) is 0 Å². The fourth-order valence-corrected chi connectivity index (χ4v) is 1.38. The number of carbonyl (C=O) groups excluding carboxylic acids is 2. The second-order valence-corrected chi connectivity index (χ2v) is 3.09. The fourth-order valence-electron chi connectivity index (χ4n) is 1.38. The molecular weight excluding hydrogens is 158 g/mol. The van der Waals surface area contributed by atoms with Crippen LogP contribution in [0.25, 0.3) is 0 Å². The topological polar surface area (TPSA) is 55.4 Å². The Bertz CT molecular complexity index is 196. The lowest BCUT2D eigenvalue weighted by atomic mass is 9.80. The van der Waals surface area contributed by atoms with E-state index in [9.17, 15) is 9.59 Å². The smallest absolute Gasteiger partial charge is 0.308 e. The summed E-state index contributed by atoms with van der Waals surface area (Å²) in [4.78, 5) is 21.5. The van der Waals surface area contributed by atoms with Gasteiger partial charge in [0, 0.05) is 13.0 Å². The van der Waals surface area contributed by atoms with Gasteiger partial charge in [-0.1, -0.05) is 0 Å². The first-order valence-electron chi connectivity index (χ1n) is 3.98. The third-order valence-corrected chi connectivity index (χ3v) is 2.08. The Kier molecular flexibility index (Phi) is 2.68. The monoisotopic (exact) mass is 171 g/mol. The van der Waals surface area contributed by atoms with Crippen LogP contribution < -0.4 is 5.32 Å². The maximum Gasteiger partial charge on any atom is 0.308 e. The normalized spacial score (nSPS) is 27.2. The molecule has 0 bridgehead atoms. The summed E-state index contributed by atoms with van der Waals surface area (Å²) in [6.45, 7) is 1.48. The molecular formula is C8H13NO3. The summed E-state index contributed by atoms with van der Waals surface area (Å²) in [6, 6.07) is 0.173. The molecule has 1 rings (SSSR count). The minimum Gasteiger partial charge on any atom is -0.469 e. The standard InChI is InChI=1S/C8H13NO3/c1-5(10)9-7-3-6(4-7)8(11)12-2/h6-7H,3-4H2,1-2H3,(H,9,10). The molecule has 0 unspecified atom stereocenters. The summed E-state index contributed by atoms with van der Waals surface area (Å²) in [5, 5.41) is 2.74. The van der Waals surface area contributed by atoms with E-state index in [1.807, 2.05) is 0 Å². The summed E-state index contributed by atoms with van der Waals surface area (Å²) in [5.74, 6) is -0.216. The van der Waals surface area contributed by atoms with Gasteiger partial charge >= 0.3 is 5.97 Å². The second kappa shape index (κ2) is 3.56. The van der Waals surface area contributed by atoms with Gasteiger partial charge in [-0.25, -0.2) is 0 Å². The number of ether oxygens (including phenoxy) is 1. The molecule has 1 N–H and O–H groups in total. The van der Waals surface area contributed by atoms with Gasteiger partial charge in [-0.05, 0) is 12.8 Å². The van der Waals surface area contributed by atoms with Crippen molar-refractivity contribution in [2.75, 3.05) is 7.11 Å². The number of esters is 1. The van der Waals surface area contributed by atoms with Crippen molar-refractivity contribution in [3.05, 3.63) is 0 Å². The van der Waals surface area contributed by atoms with Crippen molar-refractivity contribution in [1.29, 1.82) is 0 Å². The molecule has 1 aliphatic carbocycles. The Labute approximate surface area is 71.3 Å².